The van der Waals surface area contributed by atoms with E-state index in [-0.39, 0.29) is 0 Å². The summed E-state index contributed by atoms with van der Waals surface area (Å²) in [6.07, 6.45) is 1.90. The lowest BCUT2D eigenvalue weighted by Gasteiger charge is -2.01. The van der Waals surface area contributed by atoms with Crippen LogP contribution < -0.4 is 0 Å². The van der Waals surface area contributed by atoms with E-state index < -0.39 is 0 Å². The summed E-state index contributed by atoms with van der Waals surface area (Å²) in [7, 11) is 0. The summed E-state index contributed by atoms with van der Waals surface area (Å²) >= 11 is 0. The van der Waals surface area contributed by atoms with Crippen LogP contribution in [0.25, 0.3) is 27.1 Å². The van der Waals surface area contributed by atoms with Gasteiger partial charge in [0.2, 0.25) is 6.54 Å². The van der Waals surface area contributed by atoms with Crippen molar-refractivity contribution in [3.8, 4) is 11.4 Å². The van der Waals surface area contributed by atoms with Crippen LogP contribution in [-0.2, 0) is 6.54 Å². The number of aromatic nitrogens is 5. The molecule has 0 aliphatic carbocycles. The molecular weight excluding hydrogens is 228 g/mol. The number of nitrogens with zero attached hydrogens (tertiary/aromatic N) is 5. The van der Waals surface area contributed by atoms with Gasteiger partial charge in [-0.25, -0.2) is 11.3 Å². The van der Waals surface area contributed by atoms with Crippen LogP contribution in [0.1, 0.15) is 0 Å². The Bertz CT molecular complexity index is 717. The molecule has 0 amide bonds. The summed E-state index contributed by atoms with van der Waals surface area (Å²) in [6.45, 7) is 7.69. The fraction of sp³-hybridized carbons (Fsp3) is 0.167. The summed E-state index contributed by atoms with van der Waals surface area (Å²) < 4.78 is 1.65. The van der Waals surface area contributed by atoms with Crippen LogP contribution in [0.4, 0.5) is 0 Å². The van der Waals surface area contributed by atoms with Crippen LogP contribution in [0.3, 0.4) is 0 Å². The summed E-state index contributed by atoms with van der Waals surface area (Å²) in [6, 6.07) is 8.03. The highest BCUT2D eigenvalue weighted by atomic mass is 15.5. The maximum Gasteiger partial charge on any atom is 0.234 e. The molecule has 0 radical (unpaired) electrons. The topological polar surface area (TPSA) is 63.8 Å². The number of aromatic amines is 1. The van der Waals surface area contributed by atoms with E-state index in [1.807, 2.05) is 30.5 Å². The van der Waals surface area contributed by atoms with Crippen molar-refractivity contribution < 1.29 is 0 Å². The zero-order valence-corrected chi connectivity index (χ0v) is 9.54. The van der Waals surface area contributed by atoms with Crippen molar-refractivity contribution in [1.82, 2.24) is 25.2 Å². The molecule has 1 aromatic carbocycles. The minimum atomic E-state index is 0.378. The quantitative estimate of drug-likeness (QED) is 0.707. The molecule has 3 rings (SSSR count). The first-order valence-electron chi connectivity index (χ1n) is 5.55. The molecule has 0 saturated heterocycles. The Balaban J connectivity index is 2.03. The maximum atomic E-state index is 6.81. The smallest absolute Gasteiger partial charge is 0.234 e. The first kappa shape index (κ1) is 10.5. The lowest BCUT2D eigenvalue weighted by atomic mass is 10.1. The number of H-pyrrole nitrogens is 1. The molecule has 0 aliphatic rings. The van der Waals surface area contributed by atoms with E-state index in [0.717, 1.165) is 16.5 Å². The molecule has 3 aromatic rings. The normalized spacial score (nSPS) is 10.6. The van der Waals surface area contributed by atoms with E-state index in [1.54, 1.807) is 4.68 Å². The Morgan fingerprint density at radius 1 is 1.33 bits per heavy atom. The van der Waals surface area contributed by atoms with Gasteiger partial charge >= 0.3 is 0 Å². The van der Waals surface area contributed by atoms with E-state index in [9.17, 15) is 0 Å². The van der Waals surface area contributed by atoms with Gasteiger partial charge in [-0.1, -0.05) is 12.1 Å². The van der Waals surface area contributed by atoms with Gasteiger partial charge < -0.3 is 9.83 Å². The van der Waals surface area contributed by atoms with Crippen LogP contribution in [0.5, 0.6) is 0 Å². The molecule has 6 heteroatoms. The van der Waals surface area contributed by atoms with Crippen molar-refractivity contribution in [3.05, 3.63) is 41.9 Å². The Morgan fingerprint density at radius 2 is 2.28 bits per heavy atom. The molecule has 6 nitrogen and oxygen atoms in total. The molecule has 18 heavy (non-hydrogen) atoms. The van der Waals surface area contributed by atoms with Crippen LogP contribution in [-0.4, -0.2) is 31.7 Å². The van der Waals surface area contributed by atoms with E-state index in [1.165, 1.54) is 0 Å². The van der Waals surface area contributed by atoms with Gasteiger partial charge in [-0.2, -0.15) is 0 Å². The number of hydrogen-bond donors (Lipinski definition) is 1. The first-order valence-corrected chi connectivity index (χ1v) is 5.55. The second kappa shape index (κ2) is 4.30. The third kappa shape index (κ3) is 1.72. The molecular formula is C12H10N6. The van der Waals surface area contributed by atoms with Crippen molar-refractivity contribution in [3.63, 3.8) is 0 Å². The van der Waals surface area contributed by atoms with E-state index >= 15 is 0 Å². The molecule has 0 unspecified atom stereocenters. The number of nitrogens with one attached hydrogen (secondary N) is 1. The number of fused-ring (bicyclic) bond motifs is 1. The summed E-state index contributed by atoms with van der Waals surface area (Å²) in [5, 5.41) is 12.7. The number of hydrogen-bond acceptors (Lipinski definition) is 3. The lowest BCUT2D eigenvalue weighted by molar-refractivity contribution is 0.622. The average Bonchev–Trinajstić information content (AvgIpc) is 3.03. The van der Waals surface area contributed by atoms with Gasteiger partial charge in [0.1, 0.15) is 6.54 Å². The zero-order valence-electron chi connectivity index (χ0n) is 9.54. The molecule has 88 valence electrons. The van der Waals surface area contributed by atoms with Gasteiger partial charge in [0.05, 0.1) is 0 Å². The summed E-state index contributed by atoms with van der Waals surface area (Å²) in [5.41, 5.74) is 1.99. The lowest BCUT2D eigenvalue weighted by Crippen LogP contribution is -2.04. The van der Waals surface area contributed by atoms with Crippen LogP contribution in [0.2, 0.25) is 0 Å². The molecule has 0 fully saturated rings. The second-order valence-electron chi connectivity index (χ2n) is 3.89. The number of rotatable bonds is 3. The molecule has 2 aromatic heterocycles. The van der Waals surface area contributed by atoms with E-state index in [4.69, 9.17) is 6.57 Å². The maximum absolute atomic E-state index is 6.81. The van der Waals surface area contributed by atoms with Gasteiger partial charge in [0.15, 0.2) is 5.82 Å². The molecule has 0 saturated carbocycles. The first-order chi connectivity index (χ1) is 8.88. The molecule has 0 bridgehead atoms. The van der Waals surface area contributed by atoms with Gasteiger partial charge in [-0.3, -0.25) is 0 Å². The van der Waals surface area contributed by atoms with Crippen LogP contribution >= 0.6 is 0 Å². The van der Waals surface area contributed by atoms with Crippen molar-refractivity contribution in [2.75, 3.05) is 6.54 Å². The fourth-order valence-corrected chi connectivity index (χ4v) is 1.89. The number of benzene rings is 1. The molecule has 2 heterocycles. The Labute approximate surface area is 103 Å². The number of tetrazole rings is 1. The zero-order chi connectivity index (χ0) is 12.4. The Kier molecular flexibility index (Phi) is 2.50. The standard InChI is InChI=1S/C12H10N6/c1-13-6-7-18-12(15-16-17-18)10-3-2-9-4-5-14-11(9)8-10/h2-5,8,14H,6-7H2. The summed E-state index contributed by atoms with van der Waals surface area (Å²) in [4.78, 5) is 6.47. The van der Waals surface area contributed by atoms with Crippen molar-refractivity contribution in [2.45, 2.75) is 6.54 Å². The molecule has 0 spiro atoms. The predicted octanol–water partition coefficient (Wildman–Crippen LogP) is 1.74. The van der Waals surface area contributed by atoms with Gasteiger partial charge in [-0.15, -0.1) is 5.10 Å². The second-order valence-corrected chi connectivity index (χ2v) is 3.89. The van der Waals surface area contributed by atoms with E-state index in [2.05, 4.69) is 25.4 Å². The third-order valence-corrected chi connectivity index (χ3v) is 2.77. The third-order valence-electron chi connectivity index (χ3n) is 2.77. The monoisotopic (exact) mass is 238 g/mol. The van der Waals surface area contributed by atoms with Crippen LogP contribution in [0, 0.1) is 6.57 Å². The largest absolute Gasteiger partial charge is 0.361 e. The molecule has 0 atom stereocenters. The van der Waals surface area contributed by atoms with Gasteiger partial charge in [-0.05, 0) is 27.9 Å². The van der Waals surface area contributed by atoms with Crippen molar-refractivity contribution in [1.29, 1.82) is 0 Å². The van der Waals surface area contributed by atoms with Gasteiger partial charge in [0.25, 0.3) is 0 Å². The minimum absolute atomic E-state index is 0.378. The minimum Gasteiger partial charge on any atom is -0.361 e. The van der Waals surface area contributed by atoms with Gasteiger partial charge in [0, 0.05) is 17.3 Å². The fourth-order valence-electron chi connectivity index (χ4n) is 1.89. The summed E-state index contributed by atoms with van der Waals surface area (Å²) in [5.74, 6) is 0.690. The highest BCUT2D eigenvalue weighted by molar-refractivity contribution is 5.83. The van der Waals surface area contributed by atoms with Crippen molar-refractivity contribution >= 4 is 10.9 Å². The Morgan fingerprint density at radius 3 is 3.17 bits per heavy atom. The van der Waals surface area contributed by atoms with Crippen LogP contribution in [0.15, 0.2) is 30.5 Å². The molecule has 1 N–H and O–H groups in total. The van der Waals surface area contributed by atoms with E-state index in [0.29, 0.717) is 18.9 Å². The highest BCUT2D eigenvalue weighted by Gasteiger charge is 2.10. The molecule has 0 aliphatic heterocycles. The highest BCUT2D eigenvalue weighted by Crippen LogP contribution is 2.21. The Hall–Kier alpha value is -2.68. The predicted molar refractivity (Wildman–Crippen MR) is 66.6 cm³/mol. The average molecular weight is 238 g/mol. The SMILES string of the molecule is [C-]#[N+]CCn1nnnc1-c1ccc2cc[nH]c2c1. The van der Waals surface area contributed by atoms with Crippen molar-refractivity contribution in [2.24, 2.45) is 0 Å².